The number of nitrogens with one attached hydrogen (secondary N) is 1. The minimum absolute atomic E-state index is 0.275. The van der Waals surface area contributed by atoms with Crippen molar-refractivity contribution in [1.29, 1.82) is 0 Å². The Morgan fingerprint density at radius 2 is 1.83 bits per heavy atom. The highest BCUT2D eigenvalue weighted by Gasteiger charge is 2.01. The molecule has 2 rings (SSSR count). The molecule has 0 aliphatic rings. The molecule has 0 saturated heterocycles. The smallest absolute Gasteiger partial charge is 0.267 e. The number of amides is 1. The lowest BCUT2D eigenvalue weighted by molar-refractivity contribution is 0.0955. The van der Waals surface area contributed by atoms with Crippen LogP contribution >= 0.6 is 11.6 Å². The van der Waals surface area contributed by atoms with Crippen LogP contribution in [0.25, 0.3) is 0 Å². The van der Waals surface area contributed by atoms with Gasteiger partial charge in [-0.05, 0) is 29.8 Å². The van der Waals surface area contributed by atoms with Crippen LogP contribution in [-0.2, 0) is 0 Å². The average molecular weight is 260 g/mol. The van der Waals surface area contributed by atoms with E-state index in [9.17, 15) is 4.79 Å². The molecule has 1 aromatic heterocycles. The SMILES string of the molecule is O=C(N/N=C\c1ccc(Cl)cc1)c1ccncc1. The fourth-order valence-electron chi connectivity index (χ4n) is 1.28. The second kappa shape index (κ2) is 5.93. The second-order valence-corrected chi connectivity index (χ2v) is 3.92. The van der Waals surface area contributed by atoms with E-state index in [4.69, 9.17) is 11.6 Å². The zero-order valence-electron chi connectivity index (χ0n) is 9.38. The van der Waals surface area contributed by atoms with Gasteiger partial charge in [0.15, 0.2) is 0 Å². The fourth-order valence-corrected chi connectivity index (χ4v) is 1.41. The molecule has 0 saturated carbocycles. The van der Waals surface area contributed by atoms with Crippen molar-refractivity contribution in [2.45, 2.75) is 0 Å². The molecular weight excluding hydrogens is 250 g/mol. The number of carbonyl (C=O) groups is 1. The summed E-state index contributed by atoms with van der Waals surface area (Å²) in [5.74, 6) is -0.275. The molecule has 0 aliphatic carbocycles. The Balaban J connectivity index is 1.96. The molecule has 0 radical (unpaired) electrons. The van der Waals surface area contributed by atoms with E-state index in [2.05, 4.69) is 15.5 Å². The van der Waals surface area contributed by atoms with Crippen molar-refractivity contribution in [2.24, 2.45) is 5.10 Å². The zero-order valence-corrected chi connectivity index (χ0v) is 10.1. The number of carbonyl (C=O) groups excluding carboxylic acids is 1. The minimum atomic E-state index is -0.275. The van der Waals surface area contributed by atoms with Gasteiger partial charge in [0.1, 0.15) is 0 Å². The van der Waals surface area contributed by atoms with Crippen molar-refractivity contribution in [1.82, 2.24) is 10.4 Å². The van der Waals surface area contributed by atoms with E-state index in [1.54, 1.807) is 42.9 Å². The molecule has 5 heteroatoms. The molecule has 0 unspecified atom stereocenters. The molecule has 1 amide bonds. The quantitative estimate of drug-likeness (QED) is 0.680. The third-order valence-corrected chi connectivity index (χ3v) is 2.44. The lowest BCUT2D eigenvalue weighted by Crippen LogP contribution is -2.17. The van der Waals surface area contributed by atoms with Crippen LogP contribution in [0.5, 0.6) is 0 Å². The Morgan fingerprint density at radius 3 is 2.50 bits per heavy atom. The van der Waals surface area contributed by atoms with Crippen molar-refractivity contribution in [2.75, 3.05) is 0 Å². The largest absolute Gasteiger partial charge is 0.271 e. The zero-order chi connectivity index (χ0) is 12.8. The normalized spacial score (nSPS) is 10.5. The van der Waals surface area contributed by atoms with E-state index in [0.717, 1.165) is 5.56 Å². The summed E-state index contributed by atoms with van der Waals surface area (Å²) in [4.78, 5) is 15.4. The van der Waals surface area contributed by atoms with Gasteiger partial charge in [-0.2, -0.15) is 5.10 Å². The van der Waals surface area contributed by atoms with Crippen LogP contribution in [0.1, 0.15) is 15.9 Å². The standard InChI is InChI=1S/C13H10ClN3O/c14-12-3-1-10(2-4-12)9-16-17-13(18)11-5-7-15-8-6-11/h1-9H,(H,17,18)/b16-9-. The van der Waals surface area contributed by atoms with Crippen LogP contribution in [0.15, 0.2) is 53.9 Å². The van der Waals surface area contributed by atoms with E-state index >= 15 is 0 Å². The molecule has 1 heterocycles. The summed E-state index contributed by atoms with van der Waals surface area (Å²) in [7, 11) is 0. The number of hydrogen-bond acceptors (Lipinski definition) is 3. The van der Waals surface area contributed by atoms with E-state index in [1.165, 1.54) is 0 Å². The summed E-state index contributed by atoms with van der Waals surface area (Å²) in [6.45, 7) is 0. The van der Waals surface area contributed by atoms with Gasteiger partial charge in [0.2, 0.25) is 0 Å². The highest BCUT2D eigenvalue weighted by Crippen LogP contribution is 2.07. The van der Waals surface area contributed by atoms with Crippen LogP contribution in [-0.4, -0.2) is 17.1 Å². The third kappa shape index (κ3) is 3.40. The molecule has 2 aromatic rings. The first kappa shape index (κ1) is 12.3. The van der Waals surface area contributed by atoms with Crippen molar-refractivity contribution >= 4 is 23.7 Å². The maximum atomic E-state index is 11.6. The molecule has 0 fully saturated rings. The molecule has 0 bridgehead atoms. The Labute approximate surface area is 109 Å². The molecular formula is C13H10ClN3O. The van der Waals surface area contributed by atoms with Crippen molar-refractivity contribution in [3.05, 3.63) is 64.9 Å². The third-order valence-electron chi connectivity index (χ3n) is 2.19. The van der Waals surface area contributed by atoms with Gasteiger partial charge in [0, 0.05) is 23.0 Å². The van der Waals surface area contributed by atoms with E-state index in [-0.39, 0.29) is 5.91 Å². The first-order valence-electron chi connectivity index (χ1n) is 5.25. The molecule has 0 aliphatic heterocycles. The Hall–Kier alpha value is -2.20. The summed E-state index contributed by atoms with van der Waals surface area (Å²) in [5, 5.41) is 4.52. The second-order valence-electron chi connectivity index (χ2n) is 3.49. The van der Waals surface area contributed by atoms with Crippen molar-refractivity contribution < 1.29 is 4.79 Å². The number of hydrazone groups is 1. The molecule has 0 spiro atoms. The summed E-state index contributed by atoms with van der Waals surface area (Å²) >= 11 is 5.76. The van der Waals surface area contributed by atoms with Gasteiger partial charge in [-0.25, -0.2) is 5.43 Å². The maximum Gasteiger partial charge on any atom is 0.271 e. The van der Waals surface area contributed by atoms with Crippen LogP contribution in [0.3, 0.4) is 0 Å². The maximum absolute atomic E-state index is 11.6. The van der Waals surface area contributed by atoms with Crippen LogP contribution in [0, 0.1) is 0 Å². The average Bonchev–Trinajstić information content (AvgIpc) is 2.42. The number of pyridine rings is 1. The fraction of sp³-hybridized carbons (Fsp3) is 0. The highest BCUT2D eigenvalue weighted by atomic mass is 35.5. The van der Waals surface area contributed by atoms with Gasteiger partial charge in [-0.1, -0.05) is 23.7 Å². The number of benzene rings is 1. The van der Waals surface area contributed by atoms with Gasteiger partial charge < -0.3 is 0 Å². The van der Waals surface area contributed by atoms with Gasteiger partial charge in [0.25, 0.3) is 5.91 Å². The van der Waals surface area contributed by atoms with Crippen LogP contribution in [0.4, 0.5) is 0 Å². The molecule has 18 heavy (non-hydrogen) atoms. The Morgan fingerprint density at radius 1 is 1.17 bits per heavy atom. The Bertz CT molecular complexity index is 552. The van der Waals surface area contributed by atoms with Crippen LogP contribution in [0.2, 0.25) is 5.02 Å². The number of aromatic nitrogens is 1. The lowest BCUT2D eigenvalue weighted by atomic mass is 10.2. The minimum Gasteiger partial charge on any atom is -0.267 e. The number of halogens is 1. The Kier molecular flexibility index (Phi) is 4.04. The summed E-state index contributed by atoms with van der Waals surface area (Å²) in [6, 6.07) is 10.4. The van der Waals surface area contributed by atoms with Crippen LogP contribution < -0.4 is 5.43 Å². The van der Waals surface area contributed by atoms with E-state index in [0.29, 0.717) is 10.6 Å². The first-order valence-corrected chi connectivity index (χ1v) is 5.62. The predicted octanol–water partition coefficient (Wildman–Crippen LogP) is 2.50. The van der Waals surface area contributed by atoms with Gasteiger partial charge in [-0.15, -0.1) is 0 Å². The molecule has 0 atom stereocenters. The van der Waals surface area contributed by atoms with Gasteiger partial charge in [-0.3, -0.25) is 9.78 Å². The highest BCUT2D eigenvalue weighted by molar-refractivity contribution is 6.30. The summed E-state index contributed by atoms with van der Waals surface area (Å²) < 4.78 is 0. The number of hydrogen-bond donors (Lipinski definition) is 1. The topological polar surface area (TPSA) is 54.4 Å². The molecule has 1 aromatic carbocycles. The van der Waals surface area contributed by atoms with Gasteiger partial charge in [0.05, 0.1) is 6.21 Å². The monoisotopic (exact) mass is 259 g/mol. The molecule has 90 valence electrons. The van der Waals surface area contributed by atoms with E-state index < -0.39 is 0 Å². The predicted molar refractivity (Wildman–Crippen MR) is 70.7 cm³/mol. The first-order chi connectivity index (χ1) is 8.75. The lowest BCUT2D eigenvalue weighted by Gasteiger charge is -1.98. The molecule has 4 nitrogen and oxygen atoms in total. The van der Waals surface area contributed by atoms with Crippen molar-refractivity contribution in [3.63, 3.8) is 0 Å². The molecule has 1 N–H and O–H groups in total. The van der Waals surface area contributed by atoms with Crippen molar-refractivity contribution in [3.8, 4) is 0 Å². The number of nitrogens with zero attached hydrogens (tertiary/aromatic N) is 2. The summed E-state index contributed by atoms with van der Waals surface area (Å²) in [5.41, 5.74) is 3.80. The summed E-state index contributed by atoms with van der Waals surface area (Å²) in [6.07, 6.45) is 4.66. The van der Waals surface area contributed by atoms with E-state index in [1.807, 2.05) is 12.1 Å². The number of rotatable bonds is 3. The van der Waals surface area contributed by atoms with Gasteiger partial charge >= 0.3 is 0 Å².